The molecule has 26 heavy (non-hydrogen) atoms. The zero-order valence-corrected chi connectivity index (χ0v) is 14.9. The van der Waals surface area contributed by atoms with Gasteiger partial charge in [0.05, 0.1) is 0 Å². The van der Waals surface area contributed by atoms with E-state index in [1.54, 1.807) is 0 Å². The van der Waals surface area contributed by atoms with Crippen LogP contribution in [0.2, 0.25) is 0 Å². The first-order chi connectivity index (χ1) is 12.5. The van der Waals surface area contributed by atoms with Crippen LogP contribution >= 0.6 is 0 Å². The molecule has 0 spiro atoms. The molecule has 1 aromatic carbocycles. The lowest BCUT2D eigenvalue weighted by molar-refractivity contribution is -0.116. The molecule has 1 aliphatic heterocycles. The van der Waals surface area contributed by atoms with E-state index in [1.807, 2.05) is 24.3 Å². The Morgan fingerprint density at radius 1 is 1.23 bits per heavy atom. The summed E-state index contributed by atoms with van der Waals surface area (Å²) in [6.45, 7) is 5.33. The zero-order chi connectivity index (χ0) is 18.5. The van der Waals surface area contributed by atoms with Crippen molar-refractivity contribution in [3.05, 3.63) is 62.9 Å². The minimum Gasteiger partial charge on any atom is -0.325 e. The standard InChI is InChI=1S/C19H24N4O3/c1-14-3-2-9-22(11-14)12-15-4-6-16(7-5-15)20-18(25)13-23-10-8-17(24)21-19(23)26/h4-8,10,14H,2-3,9,11-13H2,1H3,(H,20,25)(H,21,24,26)/t14-/m1/s1. The summed E-state index contributed by atoms with van der Waals surface area (Å²) in [5.41, 5.74) is 0.821. The Hall–Kier alpha value is -2.67. The molecule has 0 bridgehead atoms. The molecular weight excluding hydrogens is 332 g/mol. The fraction of sp³-hybridized carbons (Fsp3) is 0.421. The van der Waals surface area contributed by atoms with Gasteiger partial charge in [-0.2, -0.15) is 0 Å². The maximum absolute atomic E-state index is 12.1. The number of aromatic amines is 1. The van der Waals surface area contributed by atoms with Crippen LogP contribution in [0, 0.1) is 5.92 Å². The van der Waals surface area contributed by atoms with Gasteiger partial charge in [-0.05, 0) is 43.0 Å². The summed E-state index contributed by atoms with van der Waals surface area (Å²) in [6, 6.07) is 8.99. The van der Waals surface area contributed by atoms with Crippen LogP contribution in [0.1, 0.15) is 25.3 Å². The van der Waals surface area contributed by atoms with E-state index < -0.39 is 11.2 Å². The Balaban J connectivity index is 1.55. The SMILES string of the molecule is C[C@@H]1CCCN(Cc2ccc(NC(=O)Cn3ccc(=O)[nH]c3=O)cc2)C1. The number of nitrogens with one attached hydrogen (secondary N) is 2. The number of likely N-dealkylation sites (tertiary alicyclic amines) is 1. The summed E-state index contributed by atoms with van der Waals surface area (Å²) >= 11 is 0. The summed E-state index contributed by atoms with van der Waals surface area (Å²) in [4.78, 5) is 39.3. The Bertz CT molecular complexity index is 869. The van der Waals surface area contributed by atoms with E-state index in [0.29, 0.717) is 5.69 Å². The molecule has 7 heteroatoms. The van der Waals surface area contributed by atoms with Gasteiger partial charge in [0.2, 0.25) is 5.91 Å². The highest BCUT2D eigenvalue weighted by Crippen LogP contribution is 2.18. The van der Waals surface area contributed by atoms with Crippen LogP contribution in [0.4, 0.5) is 5.69 Å². The lowest BCUT2D eigenvalue weighted by Crippen LogP contribution is -2.33. The predicted molar refractivity (Wildman–Crippen MR) is 100 cm³/mol. The van der Waals surface area contributed by atoms with Gasteiger partial charge in [-0.3, -0.25) is 24.0 Å². The number of hydrogen-bond donors (Lipinski definition) is 2. The van der Waals surface area contributed by atoms with E-state index in [2.05, 4.69) is 22.1 Å². The van der Waals surface area contributed by atoms with Gasteiger partial charge in [0, 0.05) is 31.0 Å². The zero-order valence-electron chi connectivity index (χ0n) is 14.9. The van der Waals surface area contributed by atoms with Gasteiger partial charge >= 0.3 is 5.69 Å². The average molecular weight is 356 g/mol. The van der Waals surface area contributed by atoms with Crippen LogP contribution < -0.4 is 16.6 Å². The molecule has 0 saturated carbocycles. The van der Waals surface area contributed by atoms with Crippen molar-refractivity contribution in [2.24, 2.45) is 5.92 Å². The Labute approximate surface area is 151 Å². The molecule has 0 radical (unpaired) electrons. The fourth-order valence-corrected chi connectivity index (χ4v) is 3.31. The highest BCUT2D eigenvalue weighted by Gasteiger charge is 2.16. The lowest BCUT2D eigenvalue weighted by Gasteiger charge is -2.30. The first-order valence-electron chi connectivity index (χ1n) is 8.90. The molecule has 1 aromatic heterocycles. The molecule has 0 unspecified atom stereocenters. The van der Waals surface area contributed by atoms with E-state index in [1.165, 1.54) is 30.7 Å². The molecule has 7 nitrogen and oxygen atoms in total. The van der Waals surface area contributed by atoms with Gasteiger partial charge in [-0.15, -0.1) is 0 Å². The molecule has 1 fully saturated rings. The number of carbonyl (C=O) groups excluding carboxylic acids is 1. The van der Waals surface area contributed by atoms with Crippen LogP contribution in [-0.4, -0.2) is 33.4 Å². The second kappa shape index (κ2) is 8.14. The van der Waals surface area contributed by atoms with Crippen molar-refractivity contribution in [3.8, 4) is 0 Å². The molecule has 3 rings (SSSR count). The maximum Gasteiger partial charge on any atom is 0.328 e. The number of piperidine rings is 1. The molecule has 1 aliphatic rings. The normalized spacial score (nSPS) is 17.8. The lowest BCUT2D eigenvalue weighted by atomic mass is 10.00. The van der Waals surface area contributed by atoms with Gasteiger partial charge in [0.25, 0.3) is 5.56 Å². The molecular formula is C19H24N4O3. The van der Waals surface area contributed by atoms with Crippen molar-refractivity contribution in [2.45, 2.75) is 32.9 Å². The molecule has 2 N–H and O–H groups in total. The number of rotatable bonds is 5. The van der Waals surface area contributed by atoms with Crippen molar-refractivity contribution in [2.75, 3.05) is 18.4 Å². The summed E-state index contributed by atoms with van der Waals surface area (Å²) in [6.07, 6.45) is 3.86. The first kappa shape index (κ1) is 18.1. The quantitative estimate of drug-likeness (QED) is 0.848. The highest BCUT2D eigenvalue weighted by molar-refractivity contribution is 5.90. The minimum atomic E-state index is -0.598. The average Bonchev–Trinajstić information content (AvgIpc) is 2.59. The largest absolute Gasteiger partial charge is 0.328 e. The smallest absolute Gasteiger partial charge is 0.325 e. The summed E-state index contributed by atoms with van der Waals surface area (Å²) in [5, 5.41) is 2.77. The van der Waals surface area contributed by atoms with E-state index >= 15 is 0 Å². The molecule has 1 atom stereocenters. The van der Waals surface area contributed by atoms with E-state index in [0.717, 1.165) is 30.1 Å². The van der Waals surface area contributed by atoms with Crippen LogP contribution in [-0.2, 0) is 17.9 Å². The van der Waals surface area contributed by atoms with Crippen LogP contribution in [0.15, 0.2) is 46.1 Å². The molecule has 138 valence electrons. The van der Waals surface area contributed by atoms with Crippen molar-refractivity contribution in [1.82, 2.24) is 14.5 Å². The number of anilines is 1. The van der Waals surface area contributed by atoms with E-state index in [-0.39, 0.29) is 12.5 Å². The number of hydrogen-bond acceptors (Lipinski definition) is 4. The van der Waals surface area contributed by atoms with E-state index in [4.69, 9.17) is 0 Å². The monoisotopic (exact) mass is 356 g/mol. The predicted octanol–water partition coefficient (Wildman–Crippen LogP) is 1.41. The van der Waals surface area contributed by atoms with Crippen LogP contribution in [0.5, 0.6) is 0 Å². The number of nitrogens with zero attached hydrogens (tertiary/aromatic N) is 2. The Morgan fingerprint density at radius 2 is 2.00 bits per heavy atom. The Morgan fingerprint density at radius 3 is 2.69 bits per heavy atom. The van der Waals surface area contributed by atoms with Gasteiger partial charge in [0.1, 0.15) is 6.54 Å². The van der Waals surface area contributed by atoms with Crippen molar-refractivity contribution < 1.29 is 4.79 Å². The highest BCUT2D eigenvalue weighted by atomic mass is 16.2. The number of aromatic nitrogens is 2. The maximum atomic E-state index is 12.1. The van der Waals surface area contributed by atoms with Crippen molar-refractivity contribution in [3.63, 3.8) is 0 Å². The molecule has 0 aliphatic carbocycles. The number of amides is 1. The van der Waals surface area contributed by atoms with Gasteiger partial charge in [-0.25, -0.2) is 4.79 Å². The fourth-order valence-electron chi connectivity index (χ4n) is 3.31. The van der Waals surface area contributed by atoms with E-state index in [9.17, 15) is 14.4 Å². The second-order valence-corrected chi connectivity index (χ2v) is 6.97. The van der Waals surface area contributed by atoms with Gasteiger partial charge in [-0.1, -0.05) is 19.1 Å². The summed E-state index contributed by atoms with van der Waals surface area (Å²) < 4.78 is 1.16. The summed E-state index contributed by atoms with van der Waals surface area (Å²) in [7, 11) is 0. The second-order valence-electron chi connectivity index (χ2n) is 6.97. The third-order valence-electron chi connectivity index (χ3n) is 4.60. The topological polar surface area (TPSA) is 87.2 Å². The molecule has 1 amide bonds. The third-order valence-corrected chi connectivity index (χ3v) is 4.60. The molecule has 2 heterocycles. The van der Waals surface area contributed by atoms with Crippen molar-refractivity contribution >= 4 is 11.6 Å². The third kappa shape index (κ3) is 4.92. The Kier molecular flexibility index (Phi) is 5.68. The first-order valence-corrected chi connectivity index (χ1v) is 8.90. The number of benzene rings is 1. The summed E-state index contributed by atoms with van der Waals surface area (Å²) in [5.74, 6) is 0.426. The van der Waals surface area contributed by atoms with Crippen molar-refractivity contribution in [1.29, 1.82) is 0 Å². The van der Waals surface area contributed by atoms with Crippen LogP contribution in [0.3, 0.4) is 0 Å². The molecule has 1 saturated heterocycles. The van der Waals surface area contributed by atoms with Gasteiger partial charge < -0.3 is 5.32 Å². The minimum absolute atomic E-state index is 0.150. The number of H-pyrrole nitrogens is 1. The van der Waals surface area contributed by atoms with Crippen LogP contribution in [0.25, 0.3) is 0 Å². The number of carbonyl (C=O) groups is 1. The van der Waals surface area contributed by atoms with Gasteiger partial charge in [0.15, 0.2) is 0 Å². The molecule has 2 aromatic rings.